The Morgan fingerprint density at radius 2 is 1.95 bits per heavy atom. The lowest BCUT2D eigenvalue weighted by molar-refractivity contribution is 0.517. The number of hydrogen-bond acceptors (Lipinski definition) is 5. The lowest BCUT2D eigenvalue weighted by Gasteiger charge is -2.23. The highest BCUT2D eigenvalue weighted by Gasteiger charge is 2.09. The van der Waals surface area contributed by atoms with E-state index in [0.29, 0.717) is 6.54 Å². The van der Waals surface area contributed by atoms with Gasteiger partial charge in [-0.15, -0.1) is 0 Å². The van der Waals surface area contributed by atoms with Crippen molar-refractivity contribution in [3.05, 3.63) is 36.0 Å². The molecule has 0 saturated carbocycles. The normalized spacial score (nSPS) is 10.6. The highest BCUT2D eigenvalue weighted by atomic mass is 16.3. The minimum absolute atomic E-state index is 0.629. The fourth-order valence-electron chi connectivity index (χ4n) is 2.28. The van der Waals surface area contributed by atoms with Gasteiger partial charge in [-0.05, 0) is 31.9 Å². The molecule has 0 aliphatic heterocycles. The van der Waals surface area contributed by atoms with Crippen LogP contribution >= 0.6 is 0 Å². The van der Waals surface area contributed by atoms with Gasteiger partial charge in [0, 0.05) is 19.2 Å². The van der Waals surface area contributed by atoms with Crippen molar-refractivity contribution in [2.75, 3.05) is 23.3 Å². The summed E-state index contributed by atoms with van der Waals surface area (Å²) in [5.41, 5.74) is 0. The van der Waals surface area contributed by atoms with Crippen molar-refractivity contribution < 1.29 is 4.42 Å². The van der Waals surface area contributed by atoms with Crippen LogP contribution in [-0.2, 0) is 6.54 Å². The van der Waals surface area contributed by atoms with Crippen molar-refractivity contribution in [2.45, 2.75) is 40.2 Å². The maximum Gasteiger partial charge on any atom is 0.134 e. The van der Waals surface area contributed by atoms with Crippen LogP contribution < -0.4 is 10.2 Å². The molecule has 2 rings (SSSR count). The fourth-order valence-corrected chi connectivity index (χ4v) is 2.28. The van der Waals surface area contributed by atoms with Gasteiger partial charge in [-0.1, -0.05) is 13.8 Å². The molecule has 1 N–H and O–H groups in total. The standard InChI is InChI=1S/C16H24N4O/c1-4-8-20(9-5-2)16-11-15(18-13(3)19-16)17-12-14-7-6-10-21-14/h6-7,10-11H,4-5,8-9,12H2,1-3H3,(H,17,18,19). The van der Waals surface area contributed by atoms with Crippen molar-refractivity contribution in [3.8, 4) is 0 Å². The summed E-state index contributed by atoms with van der Waals surface area (Å²) in [5.74, 6) is 3.51. The third kappa shape index (κ3) is 4.48. The number of nitrogens with one attached hydrogen (secondary N) is 1. The molecule has 0 atom stereocenters. The molecule has 5 nitrogen and oxygen atoms in total. The third-order valence-electron chi connectivity index (χ3n) is 3.16. The topological polar surface area (TPSA) is 54.2 Å². The first-order chi connectivity index (χ1) is 10.2. The largest absolute Gasteiger partial charge is 0.467 e. The third-order valence-corrected chi connectivity index (χ3v) is 3.16. The zero-order valence-corrected chi connectivity index (χ0v) is 13.1. The van der Waals surface area contributed by atoms with E-state index in [1.165, 1.54) is 0 Å². The van der Waals surface area contributed by atoms with Crippen LogP contribution in [0.4, 0.5) is 11.6 Å². The molecule has 0 spiro atoms. The quantitative estimate of drug-likeness (QED) is 0.804. The minimum Gasteiger partial charge on any atom is -0.467 e. The smallest absolute Gasteiger partial charge is 0.134 e. The predicted octanol–water partition coefficient (Wildman–Crippen LogP) is 3.62. The first-order valence-electron chi connectivity index (χ1n) is 7.59. The summed E-state index contributed by atoms with van der Waals surface area (Å²) < 4.78 is 5.32. The summed E-state index contributed by atoms with van der Waals surface area (Å²) in [4.78, 5) is 11.3. The van der Waals surface area contributed by atoms with Crippen molar-refractivity contribution >= 4 is 11.6 Å². The lowest BCUT2D eigenvalue weighted by Crippen LogP contribution is -2.26. The summed E-state index contributed by atoms with van der Waals surface area (Å²) in [6, 6.07) is 5.85. The Morgan fingerprint density at radius 3 is 2.57 bits per heavy atom. The summed E-state index contributed by atoms with van der Waals surface area (Å²) >= 11 is 0. The van der Waals surface area contributed by atoms with E-state index >= 15 is 0 Å². The van der Waals surface area contributed by atoms with Crippen LogP contribution in [0.2, 0.25) is 0 Å². The van der Waals surface area contributed by atoms with Crippen molar-refractivity contribution in [2.24, 2.45) is 0 Å². The molecule has 0 unspecified atom stereocenters. The average molecular weight is 288 g/mol. The van der Waals surface area contributed by atoms with Gasteiger partial charge in [0.2, 0.25) is 0 Å². The van der Waals surface area contributed by atoms with E-state index in [-0.39, 0.29) is 0 Å². The SMILES string of the molecule is CCCN(CCC)c1cc(NCc2ccco2)nc(C)n1. The zero-order chi connectivity index (χ0) is 15.1. The van der Waals surface area contributed by atoms with Gasteiger partial charge in [-0.2, -0.15) is 0 Å². The molecule has 114 valence electrons. The molecule has 21 heavy (non-hydrogen) atoms. The van der Waals surface area contributed by atoms with Crippen LogP contribution in [0.25, 0.3) is 0 Å². The maximum atomic E-state index is 5.32. The number of aromatic nitrogens is 2. The number of aryl methyl sites for hydroxylation is 1. The van der Waals surface area contributed by atoms with Gasteiger partial charge in [0.1, 0.15) is 23.2 Å². The summed E-state index contributed by atoms with van der Waals surface area (Å²) in [6.07, 6.45) is 3.90. The van der Waals surface area contributed by atoms with Gasteiger partial charge >= 0.3 is 0 Å². The molecule has 5 heteroatoms. The Morgan fingerprint density at radius 1 is 1.19 bits per heavy atom. The molecular formula is C16H24N4O. The van der Waals surface area contributed by atoms with Crippen LogP contribution in [0.15, 0.2) is 28.9 Å². The number of furan rings is 1. The lowest BCUT2D eigenvalue weighted by atomic mass is 10.3. The Balaban J connectivity index is 2.11. The number of hydrogen-bond donors (Lipinski definition) is 1. The van der Waals surface area contributed by atoms with E-state index in [0.717, 1.165) is 49.2 Å². The van der Waals surface area contributed by atoms with Gasteiger partial charge in [0.25, 0.3) is 0 Å². The van der Waals surface area contributed by atoms with E-state index in [2.05, 4.69) is 34.0 Å². The monoisotopic (exact) mass is 288 g/mol. The second kappa shape index (κ2) is 7.67. The van der Waals surface area contributed by atoms with Crippen LogP contribution in [-0.4, -0.2) is 23.1 Å². The van der Waals surface area contributed by atoms with Crippen molar-refractivity contribution in [1.82, 2.24) is 9.97 Å². The molecule has 0 aliphatic rings. The summed E-state index contributed by atoms with van der Waals surface area (Å²) in [7, 11) is 0. The first-order valence-corrected chi connectivity index (χ1v) is 7.59. The number of nitrogens with zero attached hydrogens (tertiary/aromatic N) is 3. The van der Waals surface area contributed by atoms with E-state index in [9.17, 15) is 0 Å². The van der Waals surface area contributed by atoms with Gasteiger partial charge in [0.05, 0.1) is 12.8 Å². The average Bonchev–Trinajstić information content (AvgIpc) is 2.98. The molecule has 0 aliphatic carbocycles. The second-order valence-electron chi connectivity index (χ2n) is 5.08. The second-order valence-corrected chi connectivity index (χ2v) is 5.08. The highest BCUT2D eigenvalue weighted by Crippen LogP contribution is 2.17. The Kier molecular flexibility index (Phi) is 5.60. The summed E-state index contributed by atoms with van der Waals surface area (Å²) in [5, 5.41) is 3.30. The highest BCUT2D eigenvalue weighted by molar-refractivity contribution is 5.49. The Labute approximate surface area is 126 Å². The number of anilines is 2. The first kappa shape index (κ1) is 15.4. The van der Waals surface area contributed by atoms with E-state index in [1.807, 2.05) is 25.1 Å². The van der Waals surface area contributed by atoms with Gasteiger partial charge in [-0.3, -0.25) is 0 Å². The van der Waals surface area contributed by atoms with Gasteiger partial charge in [0.15, 0.2) is 0 Å². The van der Waals surface area contributed by atoms with Crippen LogP contribution in [0.5, 0.6) is 0 Å². The molecule has 0 saturated heterocycles. The van der Waals surface area contributed by atoms with Crippen LogP contribution in [0, 0.1) is 6.92 Å². The molecular weight excluding hydrogens is 264 g/mol. The number of rotatable bonds is 8. The molecule has 0 radical (unpaired) electrons. The zero-order valence-electron chi connectivity index (χ0n) is 13.1. The Bertz CT molecular complexity index is 533. The predicted molar refractivity (Wildman–Crippen MR) is 85.6 cm³/mol. The van der Waals surface area contributed by atoms with E-state index < -0.39 is 0 Å². The van der Waals surface area contributed by atoms with Crippen molar-refractivity contribution in [1.29, 1.82) is 0 Å². The molecule has 0 amide bonds. The fraction of sp³-hybridized carbons (Fsp3) is 0.500. The molecule has 0 aromatic carbocycles. The summed E-state index contributed by atoms with van der Waals surface area (Å²) in [6.45, 7) is 8.96. The van der Waals surface area contributed by atoms with Crippen LogP contribution in [0.3, 0.4) is 0 Å². The molecule has 2 aromatic rings. The molecule has 2 heterocycles. The molecule has 0 fully saturated rings. The maximum absolute atomic E-state index is 5.32. The molecule has 0 bridgehead atoms. The Hall–Kier alpha value is -2.04. The van der Waals surface area contributed by atoms with Gasteiger partial charge in [-0.25, -0.2) is 9.97 Å². The van der Waals surface area contributed by atoms with Crippen molar-refractivity contribution in [3.63, 3.8) is 0 Å². The van der Waals surface area contributed by atoms with E-state index in [4.69, 9.17) is 4.42 Å². The van der Waals surface area contributed by atoms with Crippen LogP contribution in [0.1, 0.15) is 38.3 Å². The molecule has 2 aromatic heterocycles. The minimum atomic E-state index is 0.629. The van der Waals surface area contributed by atoms with Gasteiger partial charge < -0.3 is 14.6 Å². The van der Waals surface area contributed by atoms with E-state index in [1.54, 1.807) is 6.26 Å².